The fraction of sp³-hybridized carbons (Fsp3) is 0.167. The first-order valence-electron chi connectivity index (χ1n) is 2.93. The number of aliphatic imine (C=N–C) groups is 1. The van der Waals surface area contributed by atoms with Gasteiger partial charge in [0.05, 0.1) is 5.69 Å². The summed E-state index contributed by atoms with van der Waals surface area (Å²) >= 11 is 0. The van der Waals surface area contributed by atoms with Crippen molar-refractivity contribution in [1.82, 2.24) is 9.55 Å². The first-order valence-corrected chi connectivity index (χ1v) is 2.93. The maximum Gasteiger partial charge on any atom is 0.349 e. The summed E-state index contributed by atoms with van der Waals surface area (Å²) in [6.07, 6.45) is 3.16. The molecule has 1 aliphatic heterocycles. The minimum Gasteiger partial charge on any atom is -0.271 e. The molecule has 0 spiro atoms. The first kappa shape index (κ1) is 5.34. The highest BCUT2D eigenvalue weighted by molar-refractivity contribution is 5.78. The van der Waals surface area contributed by atoms with E-state index >= 15 is 0 Å². The molecule has 0 aromatic carbocycles. The SMILES string of the molecule is O=c1nccc2n1CN=C2. The van der Waals surface area contributed by atoms with Crippen molar-refractivity contribution in [3.8, 4) is 0 Å². The van der Waals surface area contributed by atoms with Gasteiger partial charge in [0.1, 0.15) is 6.67 Å². The molecule has 0 amide bonds. The summed E-state index contributed by atoms with van der Waals surface area (Å²) in [5, 5.41) is 0. The summed E-state index contributed by atoms with van der Waals surface area (Å²) in [6, 6.07) is 1.76. The number of nitrogens with zero attached hydrogens (tertiary/aromatic N) is 3. The molecule has 50 valence electrons. The minimum absolute atomic E-state index is 0.227. The molecule has 1 aliphatic rings. The lowest BCUT2D eigenvalue weighted by molar-refractivity contribution is 0.700. The van der Waals surface area contributed by atoms with Gasteiger partial charge in [-0.15, -0.1) is 0 Å². The number of fused-ring (bicyclic) bond motifs is 1. The topological polar surface area (TPSA) is 47.2 Å². The average molecular weight is 135 g/mol. The van der Waals surface area contributed by atoms with E-state index in [2.05, 4.69) is 9.98 Å². The van der Waals surface area contributed by atoms with Crippen LogP contribution in [0.15, 0.2) is 22.1 Å². The van der Waals surface area contributed by atoms with E-state index in [0.717, 1.165) is 5.69 Å². The van der Waals surface area contributed by atoms with Crippen LogP contribution < -0.4 is 5.69 Å². The van der Waals surface area contributed by atoms with Crippen molar-refractivity contribution in [1.29, 1.82) is 0 Å². The van der Waals surface area contributed by atoms with Gasteiger partial charge in [-0.25, -0.2) is 9.78 Å². The fourth-order valence-electron chi connectivity index (χ4n) is 0.918. The van der Waals surface area contributed by atoms with Crippen molar-refractivity contribution in [3.63, 3.8) is 0 Å². The predicted octanol–water partition coefficient (Wildman–Crippen LogP) is -0.367. The molecule has 2 rings (SSSR count). The van der Waals surface area contributed by atoms with Crippen LogP contribution in [0.5, 0.6) is 0 Å². The van der Waals surface area contributed by atoms with Gasteiger partial charge in [-0.1, -0.05) is 0 Å². The van der Waals surface area contributed by atoms with Gasteiger partial charge in [0.15, 0.2) is 0 Å². The van der Waals surface area contributed by atoms with Crippen molar-refractivity contribution in [2.75, 3.05) is 0 Å². The van der Waals surface area contributed by atoms with Crippen molar-refractivity contribution < 1.29 is 0 Å². The molecule has 0 bridgehead atoms. The summed E-state index contributed by atoms with van der Waals surface area (Å²) in [7, 11) is 0. The largest absolute Gasteiger partial charge is 0.349 e. The number of hydrogen-bond acceptors (Lipinski definition) is 3. The highest BCUT2D eigenvalue weighted by Gasteiger charge is 2.04. The molecule has 4 heteroatoms. The van der Waals surface area contributed by atoms with E-state index in [9.17, 15) is 4.79 Å². The minimum atomic E-state index is -0.227. The lowest BCUT2D eigenvalue weighted by atomic mass is 10.4. The number of rotatable bonds is 0. The lowest BCUT2D eigenvalue weighted by Crippen LogP contribution is -2.21. The molecule has 1 aromatic heterocycles. The molecular weight excluding hydrogens is 130 g/mol. The monoisotopic (exact) mass is 135 g/mol. The molecule has 0 saturated heterocycles. The third-order valence-electron chi connectivity index (χ3n) is 1.42. The molecule has 0 radical (unpaired) electrons. The van der Waals surface area contributed by atoms with Crippen LogP contribution in [0.1, 0.15) is 5.69 Å². The van der Waals surface area contributed by atoms with Crippen molar-refractivity contribution in [2.24, 2.45) is 4.99 Å². The van der Waals surface area contributed by atoms with E-state index in [4.69, 9.17) is 0 Å². The number of aromatic nitrogens is 2. The van der Waals surface area contributed by atoms with Crippen LogP contribution in [0.25, 0.3) is 0 Å². The second kappa shape index (κ2) is 1.76. The molecule has 1 aromatic rings. The van der Waals surface area contributed by atoms with Gasteiger partial charge in [-0.3, -0.25) is 9.56 Å². The van der Waals surface area contributed by atoms with Crippen LogP contribution in [0.3, 0.4) is 0 Å². The van der Waals surface area contributed by atoms with Crippen molar-refractivity contribution in [3.05, 3.63) is 28.4 Å². The van der Waals surface area contributed by atoms with Gasteiger partial charge in [0.2, 0.25) is 0 Å². The van der Waals surface area contributed by atoms with Crippen LogP contribution in [0.2, 0.25) is 0 Å². The van der Waals surface area contributed by atoms with Crippen molar-refractivity contribution in [2.45, 2.75) is 6.67 Å². The molecule has 2 heterocycles. The van der Waals surface area contributed by atoms with Gasteiger partial charge in [-0.2, -0.15) is 0 Å². The molecule has 0 N–H and O–H groups in total. The second-order valence-electron chi connectivity index (χ2n) is 2.03. The van der Waals surface area contributed by atoms with E-state index in [1.807, 2.05) is 0 Å². The summed E-state index contributed by atoms with van der Waals surface area (Å²) in [4.78, 5) is 18.4. The molecular formula is C6H5N3O. The maximum absolute atomic E-state index is 10.9. The van der Waals surface area contributed by atoms with Crippen LogP contribution in [-0.4, -0.2) is 15.8 Å². The van der Waals surface area contributed by atoms with Crippen LogP contribution in [0, 0.1) is 0 Å². The third-order valence-corrected chi connectivity index (χ3v) is 1.42. The van der Waals surface area contributed by atoms with Crippen LogP contribution in [0.4, 0.5) is 0 Å². The molecule has 0 unspecified atom stereocenters. The third kappa shape index (κ3) is 0.586. The lowest BCUT2D eigenvalue weighted by Gasteiger charge is -1.95. The maximum atomic E-state index is 10.9. The second-order valence-corrected chi connectivity index (χ2v) is 2.03. The van der Waals surface area contributed by atoms with E-state index in [1.54, 1.807) is 12.3 Å². The fourth-order valence-corrected chi connectivity index (χ4v) is 0.918. The van der Waals surface area contributed by atoms with Crippen LogP contribution >= 0.6 is 0 Å². The van der Waals surface area contributed by atoms with E-state index in [1.165, 1.54) is 10.8 Å². The Hall–Kier alpha value is -1.45. The molecule has 0 aliphatic carbocycles. The number of hydrogen-bond donors (Lipinski definition) is 0. The quantitative estimate of drug-likeness (QED) is 0.487. The van der Waals surface area contributed by atoms with E-state index in [0.29, 0.717) is 6.67 Å². The highest BCUT2D eigenvalue weighted by Crippen LogP contribution is 1.97. The van der Waals surface area contributed by atoms with Gasteiger partial charge in [0.25, 0.3) is 0 Å². The summed E-state index contributed by atoms with van der Waals surface area (Å²) in [5.74, 6) is 0. The Labute approximate surface area is 56.9 Å². The Morgan fingerprint density at radius 1 is 1.60 bits per heavy atom. The van der Waals surface area contributed by atoms with Crippen LogP contribution in [-0.2, 0) is 6.67 Å². The Morgan fingerprint density at radius 2 is 2.50 bits per heavy atom. The first-order chi connectivity index (χ1) is 4.88. The summed E-state index contributed by atoms with van der Waals surface area (Å²) < 4.78 is 1.51. The van der Waals surface area contributed by atoms with E-state index in [-0.39, 0.29) is 5.69 Å². The van der Waals surface area contributed by atoms with Gasteiger partial charge >= 0.3 is 5.69 Å². The normalized spacial score (nSPS) is 13.6. The zero-order valence-corrected chi connectivity index (χ0v) is 5.19. The predicted molar refractivity (Wildman–Crippen MR) is 36.1 cm³/mol. The molecule has 0 saturated carbocycles. The Bertz CT molecular complexity index is 339. The zero-order valence-electron chi connectivity index (χ0n) is 5.19. The standard InChI is InChI=1S/C6H5N3O/c10-6-8-2-1-5-3-7-4-9(5)6/h1-3H,4H2. The Balaban J connectivity index is 2.77. The molecule has 4 nitrogen and oxygen atoms in total. The smallest absolute Gasteiger partial charge is 0.271 e. The molecule has 10 heavy (non-hydrogen) atoms. The summed E-state index contributed by atoms with van der Waals surface area (Å²) in [5.41, 5.74) is 0.606. The van der Waals surface area contributed by atoms with Crippen molar-refractivity contribution >= 4 is 6.21 Å². The van der Waals surface area contributed by atoms with Gasteiger partial charge < -0.3 is 0 Å². The zero-order chi connectivity index (χ0) is 6.97. The molecule has 0 atom stereocenters. The highest BCUT2D eigenvalue weighted by atomic mass is 16.1. The van der Waals surface area contributed by atoms with E-state index < -0.39 is 0 Å². The summed E-state index contributed by atoms with van der Waals surface area (Å²) in [6.45, 7) is 0.419. The van der Waals surface area contributed by atoms with Gasteiger partial charge in [0, 0.05) is 12.4 Å². The Morgan fingerprint density at radius 3 is 3.30 bits per heavy atom. The average Bonchev–Trinajstić information content (AvgIpc) is 2.36. The Kier molecular flexibility index (Phi) is 0.943. The molecule has 0 fully saturated rings. The van der Waals surface area contributed by atoms with Gasteiger partial charge in [-0.05, 0) is 6.07 Å².